The van der Waals surface area contributed by atoms with Crippen LogP contribution in [-0.2, 0) is 6.54 Å². The Balaban J connectivity index is 1.81. The minimum atomic E-state index is 0.330. The lowest BCUT2D eigenvalue weighted by atomic mass is 9.86. The van der Waals surface area contributed by atoms with Crippen LogP contribution in [0.15, 0.2) is 22.9 Å². The largest absolute Gasteiger partial charge is 0.396 e. The zero-order valence-electron chi connectivity index (χ0n) is 9.90. The third-order valence-corrected chi connectivity index (χ3v) is 3.83. The molecular weight excluding hydrogens is 280 g/mol. The second-order valence-corrected chi connectivity index (χ2v) is 5.72. The van der Waals surface area contributed by atoms with E-state index in [0.29, 0.717) is 18.6 Å². The van der Waals surface area contributed by atoms with Crippen molar-refractivity contribution >= 4 is 15.9 Å². The van der Waals surface area contributed by atoms with Gasteiger partial charge in [0.2, 0.25) is 0 Å². The highest BCUT2D eigenvalue weighted by atomic mass is 79.9. The van der Waals surface area contributed by atoms with Gasteiger partial charge in [0.25, 0.3) is 0 Å². The molecule has 0 aromatic carbocycles. The van der Waals surface area contributed by atoms with Gasteiger partial charge in [-0.3, -0.25) is 4.98 Å². The Hall–Kier alpha value is -0.450. The fourth-order valence-corrected chi connectivity index (χ4v) is 2.87. The molecule has 1 heterocycles. The average Bonchev–Trinajstić information content (AvgIpc) is 2.37. The maximum absolute atomic E-state index is 9.19. The predicted molar refractivity (Wildman–Crippen MR) is 71.6 cm³/mol. The lowest BCUT2D eigenvalue weighted by Crippen LogP contribution is -2.34. The Morgan fingerprint density at radius 2 is 2.29 bits per heavy atom. The highest BCUT2D eigenvalue weighted by Gasteiger charge is 2.20. The van der Waals surface area contributed by atoms with Gasteiger partial charge in [-0.15, -0.1) is 0 Å². The fourth-order valence-electron chi connectivity index (χ4n) is 2.46. The summed E-state index contributed by atoms with van der Waals surface area (Å²) < 4.78 is 1.02. The zero-order valence-corrected chi connectivity index (χ0v) is 11.5. The van der Waals surface area contributed by atoms with Gasteiger partial charge in [-0.05, 0) is 52.7 Å². The van der Waals surface area contributed by atoms with Gasteiger partial charge in [-0.1, -0.05) is 6.42 Å². The highest BCUT2D eigenvalue weighted by molar-refractivity contribution is 9.10. The van der Waals surface area contributed by atoms with Crippen LogP contribution in [0, 0.1) is 5.92 Å². The Morgan fingerprint density at radius 1 is 1.41 bits per heavy atom. The van der Waals surface area contributed by atoms with Gasteiger partial charge in [-0.25, -0.2) is 0 Å². The first-order valence-corrected chi connectivity index (χ1v) is 7.01. The van der Waals surface area contributed by atoms with E-state index in [4.69, 9.17) is 0 Å². The summed E-state index contributed by atoms with van der Waals surface area (Å²) in [6, 6.07) is 2.63. The van der Waals surface area contributed by atoms with Crippen molar-refractivity contribution < 1.29 is 5.11 Å². The SMILES string of the molecule is OCC1CCCC(NCc2cncc(Br)c2)C1. The number of aromatic nitrogens is 1. The number of aliphatic hydroxyl groups is 1. The number of pyridine rings is 1. The van der Waals surface area contributed by atoms with E-state index in [0.717, 1.165) is 17.4 Å². The van der Waals surface area contributed by atoms with Crippen molar-refractivity contribution in [2.24, 2.45) is 5.92 Å². The molecule has 94 valence electrons. The van der Waals surface area contributed by atoms with Crippen LogP contribution < -0.4 is 5.32 Å². The molecule has 0 saturated heterocycles. The number of nitrogens with one attached hydrogen (secondary N) is 1. The van der Waals surface area contributed by atoms with Gasteiger partial charge in [0.05, 0.1) is 0 Å². The van der Waals surface area contributed by atoms with Crippen LogP contribution >= 0.6 is 15.9 Å². The average molecular weight is 299 g/mol. The first-order chi connectivity index (χ1) is 8.28. The van der Waals surface area contributed by atoms with E-state index in [2.05, 4.69) is 32.3 Å². The van der Waals surface area contributed by atoms with Gasteiger partial charge in [0, 0.05) is 36.1 Å². The van der Waals surface area contributed by atoms with Crippen molar-refractivity contribution in [3.05, 3.63) is 28.5 Å². The highest BCUT2D eigenvalue weighted by Crippen LogP contribution is 2.24. The molecule has 1 saturated carbocycles. The maximum atomic E-state index is 9.19. The van der Waals surface area contributed by atoms with Gasteiger partial charge in [0.1, 0.15) is 0 Å². The van der Waals surface area contributed by atoms with E-state index >= 15 is 0 Å². The second-order valence-electron chi connectivity index (χ2n) is 4.80. The van der Waals surface area contributed by atoms with E-state index in [1.807, 2.05) is 6.20 Å². The Kier molecular flexibility index (Phi) is 4.95. The van der Waals surface area contributed by atoms with Crippen LogP contribution in [0.5, 0.6) is 0 Å². The minimum absolute atomic E-state index is 0.330. The van der Waals surface area contributed by atoms with E-state index in [-0.39, 0.29) is 0 Å². The molecule has 4 heteroatoms. The van der Waals surface area contributed by atoms with Crippen molar-refractivity contribution in [3.63, 3.8) is 0 Å². The molecule has 0 aliphatic heterocycles. The van der Waals surface area contributed by atoms with E-state index in [1.165, 1.54) is 24.8 Å². The molecule has 1 aromatic rings. The van der Waals surface area contributed by atoms with E-state index in [9.17, 15) is 5.11 Å². The third-order valence-electron chi connectivity index (χ3n) is 3.40. The number of nitrogens with zero attached hydrogens (tertiary/aromatic N) is 1. The molecule has 0 radical (unpaired) electrons. The molecule has 0 bridgehead atoms. The molecule has 2 atom stereocenters. The molecule has 3 nitrogen and oxygen atoms in total. The van der Waals surface area contributed by atoms with Crippen molar-refractivity contribution in [2.75, 3.05) is 6.61 Å². The van der Waals surface area contributed by atoms with Crippen LogP contribution in [0.25, 0.3) is 0 Å². The normalized spacial score (nSPS) is 24.8. The topological polar surface area (TPSA) is 45.1 Å². The van der Waals surface area contributed by atoms with E-state index < -0.39 is 0 Å². The molecule has 17 heavy (non-hydrogen) atoms. The van der Waals surface area contributed by atoms with Crippen LogP contribution in [0.2, 0.25) is 0 Å². The molecule has 0 amide bonds. The molecule has 0 spiro atoms. The van der Waals surface area contributed by atoms with Crippen molar-refractivity contribution in [3.8, 4) is 0 Å². The lowest BCUT2D eigenvalue weighted by Gasteiger charge is -2.28. The molecule has 2 unspecified atom stereocenters. The minimum Gasteiger partial charge on any atom is -0.396 e. The third kappa shape index (κ3) is 4.05. The monoisotopic (exact) mass is 298 g/mol. The van der Waals surface area contributed by atoms with Crippen molar-refractivity contribution in [2.45, 2.75) is 38.3 Å². The zero-order chi connectivity index (χ0) is 12.1. The molecule has 1 aliphatic rings. The Morgan fingerprint density at radius 3 is 3.06 bits per heavy atom. The predicted octanol–water partition coefficient (Wildman–Crippen LogP) is 2.48. The summed E-state index contributed by atoms with van der Waals surface area (Å²) in [6.07, 6.45) is 8.40. The first-order valence-electron chi connectivity index (χ1n) is 6.21. The number of aliphatic hydroxyl groups excluding tert-OH is 1. The van der Waals surface area contributed by atoms with Gasteiger partial charge < -0.3 is 10.4 Å². The number of halogens is 1. The van der Waals surface area contributed by atoms with Gasteiger partial charge in [0.15, 0.2) is 0 Å². The quantitative estimate of drug-likeness (QED) is 0.898. The summed E-state index contributed by atoms with van der Waals surface area (Å²) in [7, 11) is 0. The summed E-state index contributed by atoms with van der Waals surface area (Å²) in [6.45, 7) is 1.19. The summed E-state index contributed by atoms with van der Waals surface area (Å²) in [5.74, 6) is 0.488. The van der Waals surface area contributed by atoms with Crippen molar-refractivity contribution in [1.82, 2.24) is 10.3 Å². The number of hydrogen-bond acceptors (Lipinski definition) is 3. The lowest BCUT2D eigenvalue weighted by molar-refractivity contribution is 0.170. The molecule has 1 aromatic heterocycles. The molecule has 2 rings (SSSR count). The van der Waals surface area contributed by atoms with Gasteiger partial charge in [-0.2, -0.15) is 0 Å². The smallest absolute Gasteiger partial charge is 0.0459 e. The van der Waals surface area contributed by atoms with Crippen molar-refractivity contribution in [1.29, 1.82) is 0 Å². The molecule has 1 fully saturated rings. The summed E-state index contributed by atoms with van der Waals surface area (Å²) in [5, 5.41) is 12.7. The Labute approximate surface area is 111 Å². The van der Waals surface area contributed by atoms with Gasteiger partial charge >= 0.3 is 0 Å². The number of hydrogen-bond donors (Lipinski definition) is 2. The molecule has 2 N–H and O–H groups in total. The maximum Gasteiger partial charge on any atom is 0.0459 e. The van der Waals surface area contributed by atoms with E-state index in [1.54, 1.807) is 6.20 Å². The Bertz CT molecular complexity index is 359. The van der Waals surface area contributed by atoms with Crippen LogP contribution in [0.4, 0.5) is 0 Å². The van der Waals surface area contributed by atoms with Crippen LogP contribution in [0.3, 0.4) is 0 Å². The summed E-state index contributed by atoms with van der Waals surface area (Å²) in [4.78, 5) is 4.15. The fraction of sp³-hybridized carbons (Fsp3) is 0.615. The molecular formula is C13H19BrN2O. The summed E-state index contributed by atoms with van der Waals surface area (Å²) >= 11 is 3.43. The number of rotatable bonds is 4. The standard InChI is InChI=1S/C13H19BrN2O/c14-12-4-11(6-15-8-12)7-16-13-3-1-2-10(5-13)9-17/h4,6,8,10,13,16-17H,1-3,5,7,9H2. The van der Waals surface area contributed by atoms with Crippen LogP contribution in [0.1, 0.15) is 31.2 Å². The second kappa shape index (κ2) is 6.47. The van der Waals surface area contributed by atoms with Crippen LogP contribution in [-0.4, -0.2) is 22.7 Å². The molecule has 1 aliphatic carbocycles. The first kappa shape index (κ1) is 13.0. The summed E-state index contributed by atoms with van der Waals surface area (Å²) in [5.41, 5.74) is 1.20.